The Labute approximate surface area is 131 Å². The molecule has 1 aromatic carbocycles. The fourth-order valence-corrected chi connectivity index (χ4v) is 2.50. The molecule has 2 aromatic rings. The molecule has 1 aliphatic rings. The summed E-state index contributed by atoms with van der Waals surface area (Å²) in [5.41, 5.74) is 7.58. The molecule has 1 aromatic heterocycles. The van der Waals surface area contributed by atoms with Gasteiger partial charge in [-0.3, -0.25) is 4.79 Å². The second-order valence-electron chi connectivity index (χ2n) is 5.07. The second kappa shape index (κ2) is 5.62. The molecule has 6 nitrogen and oxygen atoms in total. The average Bonchev–Trinajstić information content (AvgIpc) is 3.30. The third-order valence-electron chi connectivity index (χ3n) is 3.38. The molecule has 1 aliphatic carbocycles. The summed E-state index contributed by atoms with van der Waals surface area (Å²) in [6, 6.07) is 7.14. The van der Waals surface area contributed by atoms with Gasteiger partial charge in [0, 0.05) is 17.3 Å². The topological polar surface area (TPSA) is 105 Å². The normalized spacial score (nSPS) is 13.5. The van der Waals surface area contributed by atoms with Crippen LogP contribution in [0, 0.1) is 11.3 Å². The van der Waals surface area contributed by atoms with E-state index in [1.54, 1.807) is 6.07 Å². The Kier molecular flexibility index (Phi) is 3.65. The van der Waals surface area contributed by atoms with Gasteiger partial charge in [0.25, 0.3) is 5.91 Å². The van der Waals surface area contributed by atoms with E-state index in [9.17, 15) is 4.79 Å². The summed E-state index contributed by atoms with van der Waals surface area (Å²) in [5.74, 6) is -0.609. The zero-order valence-electron chi connectivity index (χ0n) is 11.5. The largest absolute Gasteiger partial charge is 0.382 e. The third-order valence-corrected chi connectivity index (χ3v) is 3.68. The van der Waals surface area contributed by atoms with Gasteiger partial charge < -0.3 is 11.1 Å². The lowest BCUT2D eigenvalue weighted by molar-refractivity contribution is 0.100. The van der Waals surface area contributed by atoms with Gasteiger partial charge in [-0.2, -0.15) is 10.4 Å². The van der Waals surface area contributed by atoms with E-state index in [-0.39, 0.29) is 5.56 Å². The number of hydrogen-bond acceptors (Lipinski definition) is 5. The molecule has 1 heterocycles. The van der Waals surface area contributed by atoms with E-state index in [0.29, 0.717) is 33.6 Å². The van der Waals surface area contributed by atoms with E-state index in [4.69, 9.17) is 22.6 Å². The number of anilines is 1. The van der Waals surface area contributed by atoms with E-state index >= 15 is 0 Å². The maximum absolute atomic E-state index is 11.6. The molecule has 0 unspecified atom stereocenters. The number of amides is 1. The number of aromatic nitrogens is 2. The van der Waals surface area contributed by atoms with Gasteiger partial charge >= 0.3 is 0 Å². The van der Waals surface area contributed by atoms with Crippen molar-refractivity contribution in [3.63, 3.8) is 0 Å². The van der Waals surface area contributed by atoms with Crippen molar-refractivity contribution >= 4 is 23.2 Å². The SMILES string of the molecule is N#Cc1cc(Cl)c(-c2nnccc2C(N)=O)c(NC2CC2)c1. The van der Waals surface area contributed by atoms with Crippen LogP contribution in [0.3, 0.4) is 0 Å². The van der Waals surface area contributed by atoms with Crippen molar-refractivity contribution in [2.75, 3.05) is 5.32 Å². The standard InChI is InChI=1S/C15H12ClN5O/c16-11-5-8(7-17)6-12(20-9-1-2-9)13(11)14-10(15(18)22)3-4-19-21-14/h3-6,9,20H,1-2H2,(H2,18,22). The molecule has 7 heteroatoms. The van der Waals surface area contributed by atoms with Gasteiger partial charge in [0.2, 0.25) is 0 Å². The maximum atomic E-state index is 11.6. The van der Waals surface area contributed by atoms with Gasteiger partial charge in [0.15, 0.2) is 0 Å². The fraction of sp³-hybridized carbons (Fsp3) is 0.200. The molecule has 0 saturated heterocycles. The van der Waals surface area contributed by atoms with E-state index in [1.165, 1.54) is 18.3 Å². The Morgan fingerprint density at radius 2 is 2.23 bits per heavy atom. The van der Waals surface area contributed by atoms with E-state index in [0.717, 1.165) is 12.8 Å². The zero-order chi connectivity index (χ0) is 15.7. The summed E-state index contributed by atoms with van der Waals surface area (Å²) in [6.45, 7) is 0. The van der Waals surface area contributed by atoms with E-state index in [2.05, 4.69) is 21.6 Å². The van der Waals surface area contributed by atoms with Gasteiger partial charge in [-0.1, -0.05) is 11.6 Å². The highest BCUT2D eigenvalue weighted by atomic mass is 35.5. The first kappa shape index (κ1) is 14.3. The minimum atomic E-state index is -0.609. The van der Waals surface area contributed by atoms with Crippen LogP contribution < -0.4 is 11.1 Å². The molecule has 0 radical (unpaired) electrons. The van der Waals surface area contributed by atoms with Crippen LogP contribution in [0.15, 0.2) is 24.4 Å². The Bertz CT molecular complexity index is 795. The molecular weight excluding hydrogens is 302 g/mol. The quantitative estimate of drug-likeness (QED) is 0.901. The van der Waals surface area contributed by atoms with E-state index < -0.39 is 5.91 Å². The van der Waals surface area contributed by atoms with Gasteiger partial charge in [0.05, 0.1) is 28.4 Å². The maximum Gasteiger partial charge on any atom is 0.251 e. The summed E-state index contributed by atoms with van der Waals surface area (Å²) in [5, 5.41) is 20.6. The first-order valence-corrected chi connectivity index (χ1v) is 7.10. The molecule has 110 valence electrons. The summed E-state index contributed by atoms with van der Waals surface area (Å²) in [6.07, 6.45) is 3.50. The monoisotopic (exact) mass is 313 g/mol. The predicted octanol–water partition coefficient (Wildman–Crippen LogP) is 2.34. The fourth-order valence-electron chi connectivity index (χ4n) is 2.19. The number of benzene rings is 1. The number of nitrogens with zero attached hydrogens (tertiary/aromatic N) is 3. The predicted molar refractivity (Wildman–Crippen MR) is 82.4 cm³/mol. The van der Waals surface area contributed by atoms with Crippen molar-refractivity contribution in [1.29, 1.82) is 5.26 Å². The molecule has 0 bridgehead atoms. The van der Waals surface area contributed by atoms with Gasteiger partial charge in [-0.25, -0.2) is 0 Å². The van der Waals surface area contributed by atoms with Crippen LogP contribution in [0.25, 0.3) is 11.3 Å². The Hall–Kier alpha value is -2.65. The minimum absolute atomic E-state index is 0.237. The van der Waals surface area contributed by atoms with Crippen molar-refractivity contribution in [3.8, 4) is 17.3 Å². The average molecular weight is 314 g/mol. The molecule has 3 N–H and O–H groups in total. The number of rotatable bonds is 4. The highest BCUT2D eigenvalue weighted by Crippen LogP contribution is 2.38. The molecule has 3 rings (SSSR count). The molecule has 0 spiro atoms. The molecule has 1 amide bonds. The van der Waals surface area contributed by atoms with E-state index in [1.807, 2.05) is 0 Å². The molecule has 0 atom stereocenters. The summed E-state index contributed by atoms with van der Waals surface area (Å²) in [7, 11) is 0. The highest BCUT2D eigenvalue weighted by molar-refractivity contribution is 6.34. The first-order valence-electron chi connectivity index (χ1n) is 6.72. The van der Waals surface area contributed by atoms with Crippen LogP contribution in [-0.2, 0) is 0 Å². The number of halogens is 1. The Morgan fingerprint density at radius 3 is 2.86 bits per heavy atom. The zero-order valence-corrected chi connectivity index (χ0v) is 12.3. The lowest BCUT2D eigenvalue weighted by Gasteiger charge is -2.14. The lowest BCUT2D eigenvalue weighted by Crippen LogP contribution is -2.14. The Balaban J connectivity index is 2.21. The lowest BCUT2D eigenvalue weighted by atomic mass is 10.0. The van der Waals surface area contributed by atoms with Crippen molar-refractivity contribution < 1.29 is 4.79 Å². The van der Waals surface area contributed by atoms with Crippen molar-refractivity contribution in [3.05, 3.63) is 40.5 Å². The van der Waals surface area contributed by atoms with Crippen LogP contribution in [0.4, 0.5) is 5.69 Å². The smallest absolute Gasteiger partial charge is 0.251 e. The van der Waals surface area contributed by atoms with Crippen LogP contribution in [-0.4, -0.2) is 22.1 Å². The summed E-state index contributed by atoms with van der Waals surface area (Å²) >= 11 is 6.32. The number of nitriles is 1. The van der Waals surface area contributed by atoms with Gasteiger partial charge in [0.1, 0.15) is 5.69 Å². The Morgan fingerprint density at radius 1 is 1.45 bits per heavy atom. The first-order chi connectivity index (χ1) is 10.6. The summed E-state index contributed by atoms with van der Waals surface area (Å²) < 4.78 is 0. The molecule has 0 aliphatic heterocycles. The third kappa shape index (κ3) is 2.71. The van der Waals surface area contributed by atoms with Crippen LogP contribution in [0.2, 0.25) is 5.02 Å². The molecule has 1 saturated carbocycles. The van der Waals surface area contributed by atoms with Crippen molar-refractivity contribution in [2.45, 2.75) is 18.9 Å². The molecule has 22 heavy (non-hydrogen) atoms. The number of primary amides is 1. The minimum Gasteiger partial charge on any atom is -0.382 e. The van der Waals surface area contributed by atoms with Crippen molar-refractivity contribution in [2.24, 2.45) is 5.73 Å². The number of hydrogen-bond donors (Lipinski definition) is 2. The highest BCUT2D eigenvalue weighted by Gasteiger charge is 2.25. The van der Waals surface area contributed by atoms with Gasteiger partial charge in [-0.05, 0) is 31.0 Å². The van der Waals surface area contributed by atoms with Crippen LogP contribution >= 0.6 is 11.6 Å². The molecule has 1 fully saturated rings. The molecular formula is C15H12ClN5O. The van der Waals surface area contributed by atoms with Crippen LogP contribution in [0.1, 0.15) is 28.8 Å². The summed E-state index contributed by atoms with van der Waals surface area (Å²) in [4.78, 5) is 11.6. The number of carbonyl (C=O) groups excluding carboxylic acids is 1. The number of nitrogens with two attached hydrogens (primary N) is 1. The second-order valence-corrected chi connectivity index (χ2v) is 5.48. The number of nitrogens with one attached hydrogen (secondary N) is 1. The van der Waals surface area contributed by atoms with Crippen molar-refractivity contribution in [1.82, 2.24) is 10.2 Å². The van der Waals surface area contributed by atoms with Gasteiger partial charge in [-0.15, -0.1) is 5.10 Å². The van der Waals surface area contributed by atoms with Crippen LogP contribution in [0.5, 0.6) is 0 Å². The number of carbonyl (C=O) groups is 1.